The molecule has 2 rings (SSSR count). The number of carbonyl (C=O) groups excluding carboxylic acids is 1. The van der Waals surface area contributed by atoms with Gasteiger partial charge in [0, 0.05) is 6.20 Å². The van der Waals surface area contributed by atoms with Crippen molar-refractivity contribution >= 4 is 21.6 Å². The molecule has 1 amide bonds. The first kappa shape index (κ1) is 13.1. The van der Waals surface area contributed by atoms with Crippen molar-refractivity contribution in [2.45, 2.75) is 6.54 Å². The summed E-state index contributed by atoms with van der Waals surface area (Å²) >= 11 is 0. The lowest BCUT2D eigenvalue weighted by Gasteiger charge is -2.04. The van der Waals surface area contributed by atoms with Crippen LogP contribution in [0.4, 0.5) is 5.69 Å². The monoisotopic (exact) mass is 284 g/mol. The molecule has 19 heavy (non-hydrogen) atoms. The molecule has 2 aromatic rings. The second kappa shape index (κ2) is 5.14. The van der Waals surface area contributed by atoms with Gasteiger partial charge in [-0.1, -0.05) is 0 Å². The van der Waals surface area contributed by atoms with Crippen molar-refractivity contribution in [1.29, 1.82) is 0 Å². The van der Waals surface area contributed by atoms with E-state index in [2.05, 4.69) is 20.2 Å². The molecule has 0 saturated carbocycles. The molecule has 0 fully saturated rings. The van der Waals surface area contributed by atoms with E-state index < -0.39 is 15.9 Å². The van der Waals surface area contributed by atoms with Gasteiger partial charge in [-0.2, -0.15) is 5.10 Å². The maximum atomic E-state index is 11.8. The zero-order valence-corrected chi connectivity index (χ0v) is 10.8. The molecule has 102 valence electrons. The average molecular weight is 284 g/mol. The zero-order valence-electron chi connectivity index (χ0n) is 10.0. The normalized spacial score (nSPS) is 11.2. The number of nitrogens with one attached hydrogen (secondary N) is 3. The second-order valence-corrected chi connectivity index (χ2v) is 5.53. The number of rotatable bonds is 5. The Kier molecular flexibility index (Phi) is 3.56. The summed E-state index contributed by atoms with van der Waals surface area (Å²) in [5, 5.41) is 8.70. The van der Waals surface area contributed by atoms with Crippen LogP contribution in [0.15, 0.2) is 29.0 Å². The summed E-state index contributed by atoms with van der Waals surface area (Å²) in [6.45, 7) is 0.191. The fourth-order valence-electron chi connectivity index (χ4n) is 1.40. The van der Waals surface area contributed by atoms with Gasteiger partial charge >= 0.3 is 0 Å². The minimum Gasteiger partial charge on any atom is -0.467 e. The van der Waals surface area contributed by atoms with Crippen LogP contribution in [0.5, 0.6) is 0 Å². The van der Waals surface area contributed by atoms with Crippen molar-refractivity contribution < 1.29 is 17.6 Å². The molecule has 0 saturated heterocycles. The number of aromatic nitrogens is 2. The molecule has 0 aliphatic heterocycles. The van der Waals surface area contributed by atoms with E-state index in [-0.39, 0.29) is 17.9 Å². The molecule has 0 aliphatic rings. The molecule has 2 heterocycles. The van der Waals surface area contributed by atoms with Crippen LogP contribution < -0.4 is 10.0 Å². The van der Waals surface area contributed by atoms with Crippen LogP contribution in [0, 0.1) is 0 Å². The summed E-state index contributed by atoms with van der Waals surface area (Å²) in [4.78, 5) is 11.8. The number of amides is 1. The van der Waals surface area contributed by atoms with E-state index in [0.717, 1.165) is 6.26 Å². The summed E-state index contributed by atoms with van der Waals surface area (Å²) in [6.07, 6.45) is 3.78. The van der Waals surface area contributed by atoms with Crippen LogP contribution in [0.3, 0.4) is 0 Å². The molecule has 0 atom stereocenters. The number of hydrogen-bond donors (Lipinski definition) is 3. The van der Waals surface area contributed by atoms with Crippen molar-refractivity contribution in [1.82, 2.24) is 15.5 Å². The van der Waals surface area contributed by atoms with Crippen LogP contribution in [0.2, 0.25) is 0 Å². The van der Waals surface area contributed by atoms with Gasteiger partial charge in [-0.05, 0) is 12.1 Å². The van der Waals surface area contributed by atoms with Gasteiger partial charge in [-0.25, -0.2) is 8.42 Å². The van der Waals surface area contributed by atoms with Gasteiger partial charge in [0.05, 0.1) is 24.8 Å². The fraction of sp³-hybridized carbons (Fsp3) is 0.200. The van der Waals surface area contributed by atoms with E-state index in [1.54, 1.807) is 12.1 Å². The third-order valence-corrected chi connectivity index (χ3v) is 2.74. The Morgan fingerprint density at radius 3 is 2.95 bits per heavy atom. The standard InChI is InChI=1S/C10H12N4O4S/c1-19(16,17)14-8-6-12-13-9(8)10(15)11-5-7-3-2-4-18-7/h2-4,6,14H,5H2,1H3,(H,11,15)(H,12,13). The molecule has 2 aromatic heterocycles. The van der Waals surface area contributed by atoms with Crippen molar-refractivity contribution in [2.24, 2.45) is 0 Å². The largest absolute Gasteiger partial charge is 0.467 e. The Bertz CT molecular complexity index is 660. The number of carbonyl (C=O) groups is 1. The van der Waals surface area contributed by atoms with Crippen molar-refractivity contribution in [3.63, 3.8) is 0 Å². The highest BCUT2D eigenvalue weighted by molar-refractivity contribution is 7.92. The van der Waals surface area contributed by atoms with Crippen LogP contribution in [0.1, 0.15) is 16.2 Å². The number of anilines is 1. The quantitative estimate of drug-likeness (QED) is 0.730. The van der Waals surface area contributed by atoms with E-state index in [1.165, 1.54) is 12.5 Å². The minimum atomic E-state index is -3.47. The lowest BCUT2D eigenvalue weighted by atomic mass is 10.3. The molecular weight excluding hydrogens is 272 g/mol. The van der Waals surface area contributed by atoms with Crippen molar-refractivity contribution in [3.8, 4) is 0 Å². The van der Waals surface area contributed by atoms with Crippen molar-refractivity contribution in [3.05, 3.63) is 36.0 Å². The predicted octanol–water partition coefficient (Wildman–Crippen LogP) is 0.304. The molecule has 3 N–H and O–H groups in total. The summed E-state index contributed by atoms with van der Waals surface area (Å²) in [6, 6.07) is 3.41. The first-order chi connectivity index (χ1) is 8.96. The molecular formula is C10H12N4O4S. The number of sulfonamides is 1. The highest BCUT2D eigenvalue weighted by Crippen LogP contribution is 2.13. The highest BCUT2D eigenvalue weighted by Gasteiger charge is 2.17. The van der Waals surface area contributed by atoms with Crippen LogP contribution in [-0.2, 0) is 16.6 Å². The zero-order chi connectivity index (χ0) is 13.9. The van der Waals surface area contributed by atoms with Crippen LogP contribution in [0.25, 0.3) is 0 Å². The van der Waals surface area contributed by atoms with Gasteiger partial charge < -0.3 is 9.73 Å². The van der Waals surface area contributed by atoms with Gasteiger partial charge in [0.2, 0.25) is 10.0 Å². The Morgan fingerprint density at radius 1 is 1.53 bits per heavy atom. The highest BCUT2D eigenvalue weighted by atomic mass is 32.2. The Hall–Kier alpha value is -2.29. The first-order valence-corrected chi connectivity index (χ1v) is 7.17. The number of hydrogen-bond acceptors (Lipinski definition) is 5. The Balaban J connectivity index is 2.05. The molecule has 0 spiro atoms. The van der Waals surface area contributed by atoms with E-state index >= 15 is 0 Å². The summed E-state index contributed by atoms with van der Waals surface area (Å²) in [5.74, 6) is 0.0744. The smallest absolute Gasteiger partial charge is 0.274 e. The lowest BCUT2D eigenvalue weighted by molar-refractivity contribution is 0.0944. The molecule has 0 aromatic carbocycles. The number of nitrogens with zero attached hydrogens (tertiary/aromatic N) is 1. The van der Waals surface area contributed by atoms with Crippen LogP contribution >= 0.6 is 0 Å². The third kappa shape index (κ3) is 3.58. The minimum absolute atomic E-state index is 0.0306. The average Bonchev–Trinajstić information content (AvgIpc) is 2.94. The van der Waals surface area contributed by atoms with Crippen molar-refractivity contribution in [2.75, 3.05) is 11.0 Å². The molecule has 0 aliphatic carbocycles. The maximum Gasteiger partial charge on any atom is 0.274 e. The van der Waals surface area contributed by atoms with E-state index in [4.69, 9.17) is 4.42 Å². The summed E-state index contributed by atoms with van der Waals surface area (Å²) < 4.78 is 29.5. The number of H-pyrrole nitrogens is 1. The van der Waals surface area contributed by atoms with E-state index in [1.807, 2.05) is 0 Å². The van der Waals surface area contributed by atoms with Gasteiger partial charge in [-0.3, -0.25) is 14.6 Å². The van der Waals surface area contributed by atoms with Gasteiger partial charge in [0.25, 0.3) is 5.91 Å². The van der Waals surface area contributed by atoms with E-state index in [9.17, 15) is 13.2 Å². The number of furan rings is 1. The predicted molar refractivity (Wildman–Crippen MR) is 66.9 cm³/mol. The van der Waals surface area contributed by atoms with Gasteiger partial charge in [0.1, 0.15) is 5.76 Å². The van der Waals surface area contributed by atoms with Gasteiger partial charge in [0.15, 0.2) is 5.69 Å². The molecule has 9 heteroatoms. The molecule has 8 nitrogen and oxygen atoms in total. The molecule has 0 bridgehead atoms. The van der Waals surface area contributed by atoms with Gasteiger partial charge in [-0.15, -0.1) is 0 Å². The lowest BCUT2D eigenvalue weighted by Crippen LogP contribution is -2.24. The third-order valence-electron chi connectivity index (χ3n) is 2.15. The Morgan fingerprint density at radius 2 is 2.32 bits per heavy atom. The maximum absolute atomic E-state index is 11.8. The van der Waals surface area contributed by atoms with Crippen LogP contribution in [-0.4, -0.2) is 30.8 Å². The molecule has 0 unspecified atom stereocenters. The summed E-state index contributed by atoms with van der Waals surface area (Å²) in [7, 11) is -3.47. The number of aromatic amines is 1. The SMILES string of the molecule is CS(=O)(=O)Nc1c[nH]nc1C(=O)NCc1ccco1. The van der Waals surface area contributed by atoms with E-state index in [0.29, 0.717) is 5.76 Å². The summed E-state index contributed by atoms with van der Waals surface area (Å²) in [5.41, 5.74) is 0.0661. The Labute approximate surface area is 109 Å². The fourth-order valence-corrected chi connectivity index (χ4v) is 1.96. The second-order valence-electron chi connectivity index (χ2n) is 3.78. The topological polar surface area (TPSA) is 117 Å². The molecule has 0 radical (unpaired) electrons. The first-order valence-electron chi connectivity index (χ1n) is 5.28.